The average Bonchev–Trinajstić information content (AvgIpc) is 3.09. The first-order valence-corrected chi connectivity index (χ1v) is 8.79. The van der Waals surface area contributed by atoms with E-state index in [1.807, 2.05) is 0 Å². The minimum Gasteiger partial charge on any atom is -0.467 e. The SMILES string of the molecule is CCc1cc2c(N3CCC4(CC(N)C4)C3)nc(OC)nc2s1. The van der Waals surface area contributed by atoms with Gasteiger partial charge in [0.05, 0.1) is 12.5 Å². The topological polar surface area (TPSA) is 64.3 Å². The Kier molecular flexibility index (Phi) is 3.27. The van der Waals surface area contributed by atoms with Crippen molar-refractivity contribution in [2.45, 2.75) is 38.6 Å². The molecule has 1 saturated heterocycles. The Morgan fingerprint density at radius 1 is 1.45 bits per heavy atom. The summed E-state index contributed by atoms with van der Waals surface area (Å²) < 4.78 is 5.31. The number of nitrogens with two attached hydrogens (primary N) is 1. The van der Waals surface area contributed by atoms with E-state index < -0.39 is 0 Å². The van der Waals surface area contributed by atoms with Gasteiger partial charge in [-0.1, -0.05) is 6.92 Å². The van der Waals surface area contributed by atoms with Gasteiger partial charge in [-0.05, 0) is 37.2 Å². The lowest BCUT2D eigenvalue weighted by Gasteiger charge is -2.43. The van der Waals surface area contributed by atoms with E-state index in [-0.39, 0.29) is 0 Å². The van der Waals surface area contributed by atoms with Crippen LogP contribution < -0.4 is 15.4 Å². The standard InChI is InChI=1S/C16H22N4OS/c1-3-11-6-12-13(18-15(21-2)19-14(12)22-11)20-5-4-16(9-20)7-10(17)8-16/h6,10H,3-5,7-9,17H2,1-2H3. The van der Waals surface area contributed by atoms with E-state index in [1.54, 1.807) is 18.4 Å². The van der Waals surface area contributed by atoms with Crippen LogP contribution in [0.15, 0.2) is 6.07 Å². The molecule has 1 aliphatic heterocycles. The van der Waals surface area contributed by atoms with Gasteiger partial charge in [0.15, 0.2) is 0 Å². The number of hydrogen-bond acceptors (Lipinski definition) is 6. The number of rotatable bonds is 3. The Hall–Kier alpha value is -1.40. The lowest BCUT2D eigenvalue weighted by Crippen LogP contribution is -2.47. The first-order valence-electron chi connectivity index (χ1n) is 7.97. The van der Waals surface area contributed by atoms with Gasteiger partial charge in [0.2, 0.25) is 0 Å². The number of aryl methyl sites for hydroxylation is 1. The van der Waals surface area contributed by atoms with Crippen molar-refractivity contribution in [1.29, 1.82) is 0 Å². The predicted molar refractivity (Wildman–Crippen MR) is 89.8 cm³/mol. The highest BCUT2D eigenvalue weighted by Gasteiger charge is 2.47. The summed E-state index contributed by atoms with van der Waals surface area (Å²) in [5.41, 5.74) is 6.44. The molecule has 1 aliphatic carbocycles. The number of ether oxygens (including phenoxy) is 1. The molecule has 4 rings (SSSR count). The van der Waals surface area contributed by atoms with E-state index in [0.717, 1.165) is 43.0 Å². The molecule has 0 atom stereocenters. The van der Waals surface area contributed by atoms with Crippen LogP contribution in [0.25, 0.3) is 10.2 Å². The second-order valence-electron chi connectivity index (χ2n) is 6.66. The van der Waals surface area contributed by atoms with Crippen LogP contribution in [-0.2, 0) is 6.42 Å². The highest BCUT2D eigenvalue weighted by Crippen LogP contribution is 2.49. The molecular formula is C16H22N4OS. The fourth-order valence-electron chi connectivity index (χ4n) is 3.95. The average molecular weight is 318 g/mol. The third-order valence-corrected chi connectivity index (χ3v) is 6.24. The molecule has 2 aliphatic rings. The summed E-state index contributed by atoms with van der Waals surface area (Å²) in [5, 5.41) is 1.17. The highest BCUT2D eigenvalue weighted by molar-refractivity contribution is 7.18. The number of aromatic nitrogens is 2. The minimum absolute atomic E-state index is 0.396. The second-order valence-corrected chi connectivity index (χ2v) is 7.77. The van der Waals surface area contributed by atoms with Gasteiger partial charge in [0.1, 0.15) is 10.6 Å². The molecule has 2 aromatic rings. The van der Waals surface area contributed by atoms with Crippen LogP contribution in [0.1, 0.15) is 31.1 Å². The maximum absolute atomic E-state index is 6.01. The van der Waals surface area contributed by atoms with Gasteiger partial charge in [0, 0.05) is 24.0 Å². The third kappa shape index (κ3) is 2.16. The van der Waals surface area contributed by atoms with Gasteiger partial charge >= 0.3 is 6.01 Å². The van der Waals surface area contributed by atoms with E-state index in [4.69, 9.17) is 10.5 Å². The van der Waals surface area contributed by atoms with Gasteiger partial charge in [0.25, 0.3) is 0 Å². The Bertz CT molecular complexity index is 707. The number of anilines is 1. The lowest BCUT2D eigenvalue weighted by atomic mass is 9.65. The smallest absolute Gasteiger partial charge is 0.319 e. The molecule has 1 spiro atoms. The van der Waals surface area contributed by atoms with Gasteiger partial charge < -0.3 is 15.4 Å². The van der Waals surface area contributed by atoms with E-state index in [9.17, 15) is 0 Å². The van der Waals surface area contributed by atoms with Crippen molar-refractivity contribution in [2.24, 2.45) is 11.1 Å². The van der Waals surface area contributed by atoms with Crippen LogP contribution in [0.2, 0.25) is 0 Å². The molecular weight excluding hydrogens is 296 g/mol. The van der Waals surface area contributed by atoms with Gasteiger partial charge in [-0.2, -0.15) is 9.97 Å². The van der Waals surface area contributed by atoms with E-state index in [1.165, 1.54) is 16.7 Å². The zero-order valence-electron chi connectivity index (χ0n) is 13.1. The van der Waals surface area contributed by atoms with Crippen LogP contribution >= 0.6 is 11.3 Å². The molecule has 118 valence electrons. The quantitative estimate of drug-likeness (QED) is 0.942. The highest BCUT2D eigenvalue weighted by atomic mass is 32.1. The van der Waals surface area contributed by atoms with Crippen molar-refractivity contribution in [1.82, 2.24) is 9.97 Å². The molecule has 3 heterocycles. The molecule has 0 bridgehead atoms. The lowest BCUT2D eigenvalue weighted by molar-refractivity contribution is 0.132. The molecule has 2 fully saturated rings. The van der Waals surface area contributed by atoms with Crippen molar-refractivity contribution >= 4 is 27.4 Å². The molecule has 0 aromatic carbocycles. The van der Waals surface area contributed by atoms with Crippen LogP contribution in [0, 0.1) is 5.41 Å². The van der Waals surface area contributed by atoms with Crippen molar-refractivity contribution < 1.29 is 4.74 Å². The summed E-state index contributed by atoms with van der Waals surface area (Å²) in [6.45, 7) is 4.29. The summed E-state index contributed by atoms with van der Waals surface area (Å²) >= 11 is 1.74. The minimum atomic E-state index is 0.396. The summed E-state index contributed by atoms with van der Waals surface area (Å²) in [7, 11) is 1.63. The molecule has 1 saturated carbocycles. The normalized spacial score (nSPS) is 27.6. The Morgan fingerprint density at radius 3 is 2.95 bits per heavy atom. The number of methoxy groups -OCH3 is 1. The first kappa shape index (κ1) is 14.2. The summed E-state index contributed by atoms with van der Waals surface area (Å²) in [4.78, 5) is 14.0. The number of fused-ring (bicyclic) bond motifs is 1. The maximum atomic E-state index is 6.01. The molecule has 2 aromatic heterocycles. The Labute approximate surface area is 134 Å². The van der Waals surface area contributed by atoms with E-state index >= 15 is 0 Å². The molecule has 0 amide bonds. The Balaban J connectivity index is 1.72. The molecule has 6 heteroatoms. The fraction of sp³-hybridized carbons (Fsp3) is 0.625. The summed E-state index contributed by atoms with van der Waals surface area (Å²) in [6.07, 6.45) is 4.55. The number of thiophene rings is 1. The van der Waals surface area contributed by atoms with Crippen molar-refractivity contribution in [3.63, 3.8) is 0 Å². The number of hydrogen-bond donors (Lipinski definition) is 1. The largest absolute Gasteiger partial charge is 0.467 e. The molecule has 0 radical (unpaired) electrons. The van der Waals surface area contributed by atoms with Crippen LogP contribution in [0.4, 0.5) is 5.82 Å². The molecule has 5 nitrogen and oxygen atoms in total. The van der Waals surface area contributed by atoms with E-state index in [0.29, 0.717) is 17.5 Å². The Morgan fingerprint density at radius 2 is 2.27 bits per heavy atom. The summed E-state index contributed by atoms with van der Waals surface area (Å²) in [5.74, 6) is 1.04. The predicted octanol–water partition coefficient (Wildman–Crippen LogP) is 2.58. The van der Waals surface area contributed by atoms with Crippen LogP contribution in [-0.4, -0.2) is 36.2 Å². The summed E-state index contributed by atoms with van der Waals surface area (Å²) in [6, 6.07) is 3.11. The van der Waals surface area contributed by atoms with Crippen LogP contribution in [0.5, 0.6) is 6.01 Å². The van der Waals surface area contributed by atoms with Gasteiger partial charge in [-0.15, -0.1) is 11.3 Å². The van der Waals surface area contributed by atoms with Crippen molar-refractivity contribution in [3.05, 3.63) is 10.9 Å². The number of nitrogens with zero attached hydrogens (tertiary/aromatic N) is 3. The molecule has 2 N–H and O–H groups in total. The third-order valence-electron chi connectivity index (χ3n) is 5.06. The van der Waals surface area contributed by atoms with Crippen molar-refractivity contribution in [2.75, 3.05) is 25.1 Å². The first-order chi connectivity index (χ1) is 10.6. The molecule has 0 unspecified atom stereocenters. The second kappa shape index (κ2) is 5.06. The zero-order valence-corrected chi connectivity index (χ0v) is 13.9. The van der Waals surface area contributed by atoms with Crippen molar-refractivity contribution in [3.8, 4) is 6.01 Å². The molecule has 22 heavy (non-hydrogen) atoms. The van der Waals surface area contributed by atoms with Gasteiger partial charge in [-0.3, -0.25) is 0 Å². The van der Waals surface area contributed by atoms with E-state index in [2.05, 4.69) is 27.9 Å². The monoisotopic (exact) mass is 318 g/mol. The van der Waals surface area contributed by atoms with Gasteiger partial charge in [-0.25, -0.2) is 0 Å². The van der Waals surface area contributed by atoms with Crippen LogP contribution in [0.3, 0.4) is 0 Å². The fourth-order valence-corrected chi connectivity index (χ4v) is 4.90. The zero-order chi connectivity index (χ0) is 15.3. The maximum Gasteiger partial charge on any atom is 0.319 e.